The molecular formula is C14H20IrN-. The molecule has 1 aromatic rings. The van der Waals surface area contributed by atoms with Gasteiger partial charge in [0.2, 0.25) is 0 Å². The number of anilines is 1. The Morgan fingerprint density at radius 1 is 1.19 bits per heavy atom. The molecule has 1 aliphatic rings. The van der Waals surface area contributed by atoms with Crippen LogP contribution in [0.5, 0.6) is 0 Å². The Bertz CT molecular complexity index is 343. The number of benzene rings is 1. The summed E-state index contributed by atoms with van der Waals surface area (Å²) in [6, 6.07) is 11.6. The maximum Gasteiger partial charge on any atom is 0.0330 e. The molecule has 0 saturated carbocycles. The van der Waals surface area contributed by atoms with Crippen LogP contribution in [0.3, 0.4) is 0 Å². The fourth-order valence-corrected chi connectivity index (χ4v) is 2.93. The van der Waals surface area contributed by atoms with Crippen molar-refractivity contribution in [3.05, 3.63) is 30.3 Å². The van der Waals surface area contributed by atoms with Gasteiger partial charge in [0, 0.05) is 32.2 Å². The van der Waals surface area contributed by atoms with Gasteiger partial charge in [-0.15, -0.1) is 6.07 Å². The molecule has 0 atom stereocenters. The Balaban J connectivity index is 0.00000128. The standard InChI is InChI=1S/C14H20N.Ir/c1-13(2)10-14(3,4)15(11-13)12-8-6-5-7-9-12;/h5-8H,10-11H2,1-4H3;/q-1;. The molecule has 16 heavy (non-hydrogen) atoms. The van der Waals surface area contributed by atoms with E-state index in [1.54, 1.807) is 0 Å². The first-order valence-corrected chi connectivity index (χ1v) is 5.65. The molecule has 1 radical (unpaired) electrons. The van der Waals surface area contributed by atoms with Crippen molar-refractivity contribution < 1.29 is 20.1 Å². The predicted molar refractivity (Wildman–Crippen MR) is 65.1 cm³/mol. The van der Waals surface area contributed by atoms with Gasteiger partial charge in [-0.2, -0.15) is 24.3 Å². The molecular weight excluding hydrogens is 374 g/mol. The van der Waals surface area contributed by atoms with Gasteiger partial charge in [0.1, 0.15) is 0 Å². The first kappa shape index (κ1) is 13.7. The third kappa shape index (κ3) is 2.67. The number of rotatable bonds is 1. The van der Waals surface area contributed by atoms with E-state index in [9.17, 15) is 0 Å². The van der Waals surface area contributed by atoms with Crippen LogP contribution in [-0.2, 0) is 20.1 Å². The maximum absolute atomic E-state index is 3.33. The first-order chi connectivity index (χ1) is 6.91. The molecule has 1 fully saturated rings. The van der Waals surface area contributed by atoms with E-state index in [0.717, 1.165) is 6.54 Å². The summed E-state index contributed by atoms with van der Waals surface area (Å²) in [5.41, 5.74) is 1.89. The van der Waals surface area contributed by atoms with Crippen molar-refractivity contribution in [1.29, 1.82) is 0 Å². The topological polar surface area (TPSA) is 3.24 Å². The third-order valence-electron chi connectivity index (χ3n) is 3.21. The molecule has 0 aliphatic carbocycles. The van der Waals surface area contributed by atoms with Gasteiger partial charge in [0.05, 0.1) is 0 Å². The fraction of sp³-hybridized carbons (Fsp3) is 0.571. The quantitative estimate of drug-likeness (QED) is 0.659. The van der Waals surface area contributed by atoms with E-state index in [4.69, 9.17) is 0 Å². The van der Waals surface area contributed by atoms with Crippen LogP contribution in [0, 0.1) is 11.5 Å². The average molecular weight is 395 g/mol. The Hall–Kier alpha value is -0.331. The van der Waals surface area contributed by atoms with Crippen LogP contribution >= 0.6 is 0 Å². The van der Waals surface area contributed by atoms with Crippen LogP contribution < -0.4 is 4.90 Å². The minimum absolute atomic E-state index is 0. The number of nitrogens with zero attached hydrogens (tertiary/aromatic N) is 1. The molecule has 1 heterocycles. The molecule has 0 amide bonds. The molecule has 2 heteroatoms. The van der Waals surface area contributed by atoms with Gasteiger partial charge in [0.15, 0.2) is 0 Å². The largest absolute Gasteiger partial charge is 0.388 e. The van der Waals surface area contributed by atoms with Crippen molar-refractivity contribution in [3.8, 4) is 0 Å². The Morgan fingerprint density at radius 2 is 1.88 bits per heavy atom. The second-order valence-electron chi connectivity index (χ2n) is 5.99. The summed E-state index contributed by atoms with van der Waals surface area (Å²) < 4.78 is 0. The van der Waals surface area contributed by atoms with Crippen LogP contribution in [0.2, 0.25) is 0 Å². The van der Waals surface area contributed by atoms with Gasteiger partial charge >= 0.3 is 0 Å². The summed E-state index contributed by atoms with van der Waals surface area (Å²) in [5.74, 6) is 0. The predicted octanol–water partition coefficient (Wildman–Crippen LogP) is 3.50. The zero-order chi connectivity index (χ0) is 11.1. The van der Waals surface area contributed by atoms with Crippen LogP contribution in [0.1, 0.15) is 34.1 Å². The maximum atomic E-state index is 3.33. The molecule has 1 aliphatic heterocycles. The smallest absolute Gasteiger partial charge is 0.0330 e. The van der Waals surface area contributed by atoms with Gasteiger partial charge in [-0.3, -0.25) is 0 Å². The van der Waals surface area contributed by atoms with E-state index in [-0.39, 0.29) is 25.6 Å². The van der Waals surface area contributed by atoms with Crippen LogP contribution in [0.15, 0.2) is 24.3 Å². The van der Waals surface area contributed by atoms with Crippen molar-refractivity contribution in [1.82, 2.24) is 0 Å². The van der Waals surface area contributed by atoms with E-state index < -0.39 is 0 Å². The minimum Gasteiger partial charge on any atom is -0.388 e. The van der Waals surface area contributed by atoms with E-state index in [0.29, 0.717) is 5.41 Å². The van der Waals surface area contributed by atoms with Crippen LogP contribution in [0.25, 0.3) is 0 Å². The molecule has 1 aromatic carbocycles. The summed E-state index contributed by atoms with van der Waals surface area (Å²) in [6.07, 6.45) is 1.24. The first-order valence-electron chi connectivity index (χ1n) is 5.65. The molecule has 0 N–H and O–H groups in total. The Kier molecular flexibility index (Phi) is 3.87. The molecule has 2 rings (SSSR count). The number of hydrogen-bond acceptors (Lipinski definition) is 1. The third-order valence-corrected chi connectivity index (χ3v) is 3.21. The van der Waals surface area contributed by atoms with Crippen molar-refractivity contribution in [2.24, 2.45) is 5.41 Å². The van der Waals surface area contributed by atoms with Crippen molar-refractivity contribution in [2.75, 3.05) is 11.4 Å². The molecule has 0 spiro atoms. The van der Waals surface area contributed by atoms with Crippen molar-refractivity contribution in [2.45, 2.75) is 39.7 Å². The summed E-state index contributed by atoms with van der Waals surface area (Å²) in [4.78, 5) is 2.48. The Morgan fingerprint density at radius 3 is 2.31 bits per heavy atom. The molecule has 0 aromatic heterocycles. The molecule has 1 nitrogen and oxygen atoms in total. The SMILES string of the molecule is CC1(C)CN(c2[c-]cccc2)C(C)(C)C1.[Ir]. The van der Waals surface area contributed by atoms with E-state index in [1.165, 1.54) is 12.1 Å². The second-order valence-corrected chi connectivity index (χ2v) is 5.99. The van der Waals surface area contributed by atoms with E-state index >= 15 is 0 Å². The molecule has 1 saturated heterocycles. The van der Waals surface area contributed by atoms with E-state index in [1.807, 2.05) is 12.1 Å². The van der Waals surface area contributed by atoms with Crippen LogP contribution in [-0.4, -0.2) is 12.1 Å². The monoisotopic (exact) mass is 395 g/mol. The van der Waals surface area contributed by atoms with Gasteiger partial charge in [-0.25, -0.2) is 0 Å². The van der Waals surface area contributed by atoms with Crippen molar-refractivity contribution in [3.63, 3.8) is 0 Å². The fourth-order valence-electron chi connectivity index (χ4n) is 2.93. The van der Waals surface area contributed by atoms with Gasteiger partial charge < -0.3 is 4.90 Å². The summed E-state index contributed by atoms with van der Waals surface area (Å²) in [5, 5.41) is 0. The second kappa shape index (κ2) is 4.50. The number of hydrogen-bond donors (Lipinski definition) is 0. The van der Waals surface area contributed by atoms with E-state index in [2.05, 4.69) is 50.8 Å². The minimum atomic E-state index is 0. The van der Waals surface area contributed by atoms with Crippen LogP contribution in [0.4, 0.5) is 5.69 Å². The zero-order valence-electron chi connectivity index (χ0n) is 10.5. The molecule has 0 bridgehead atoms. The van der Waals surface area contributed by atoms with Gasteiger partial charge in [-0.05, 0) is 25.7 Å². The molecule has 91 valence electrons. The van der Waals surface area contributed by atoms with Crippen molar-refractivity contribution >= 4 is 5.69 Å². The normalized spacial score (nSPS) is 21.6. The number of para-hydroxylation sites is 1. The van der Waals surface area contributed by atoms with Gasteiger partial charge in [0.25, 0.3) is 0 Å². The average Bonchev–Trinajstić information content (AvgIpc) is 2.36. The summed E-state index contributed by atoms with van der Waals surface area (Å²) in [6.45, 7) is 10.5. The summed E-state index contributed by atoms with van der Waals surface area (Å²) in [7, 11) is 0. The summed E-state index contributed by atoms with van der Waals surface area (Å²) >= 11 is 0. The molecule has 0 unspecified atom stereocenters. The van der Waals surface area contributed by atoms with Gasteiger partial charge in [-0.1, -0.05) is 19.5 Å². The Labute approximate surface area is 113 Å². The zero-order valence-corrected chi connectivity index (χ0v) is 12.9.